The summed E-state index contributed by atoms with van der Waals surface area (Å²) in [6, 6.07) is 11.5. The molecule has 0 radical (unpaired) electrons. The molecule has 2 aromatic rings. The van der Waals surface area contributed by atoms with Gasteiger partial charge in [0, 0.05) is 19.2 Å². The van der Waals surface area contributed by atoms with E-state index in [9.17, 15) is 14.0 Å². The van der Waals surface area contributed by atoms with Crippen molar-refractivity contribution < 1.29 is 18.7 Å². The maximum atomic E-state index is 13.8. The number of hydrogen-bond acceptors (Lipinski definition) is 3. The summed E-state index contributed by atoms with van der Waals surface area (Å²) in [5.74, 6) is -0.165. The molecule has 0 aromatic heterocycles. The number of likely N-dealkylation sites (tertiary alicyclic amines) is 1. The van der Waals surface area contributed by atoms with Crippen LogP contribution in [0.3, 0.4) is 0 Å². The van der Waals surface area contributed by atoms with Gasteiger partial charge in [-0.15, -0.1) is 0 Å². The molecule has 2 N–H and O–H groups in total. The summed E-state index contributed by atoms with van der Waals surface area (Å²) in [4.78, 5) is 25.7. The molecule has 3 rings (SSSR count). The molecule has 1 saturated heterocycles. The number of carbonyl (C=O) groups is 2. The van der Waals surface area contributed by atoms with Crippen LogP contribution in [0.1, 0.15) is 31.4 Å². The lowest BCUT2D eigenvalue weighted by atomic mass is 10.0. The molecule has 6 nitrogen and oxygen atoms in total. The molecule has 1 aliphatic heterocycles. The summed E-state index contributed by atoms with van der Waals surface area (Å²) in [7, 11) is 1.61. The van der Waals surface area contributed by atoms with Gasteiger partial charge in [-0.2, -0.15) is 0 Å². The van der Waals surface area contributed by atoms with E-state index < -0.39 is 5.82 Å². The van der Waals surface area contributed by atoms with Crippen LogP contribution in [0.4, 0.5) is 20.6 Å². The number of nitrogens with one attached hydrogen (secondary N) is 2. The molecule has 0 bridgehead atoms. The first-order valence-electron chi connectivity index (χ1n) is 8.76. The monoisotopic (exact) mass is 371 g/mol. The minimum atomic E-state index is -0.555. The van der Waals surface area contributed by atoms with E-state index in [4.69, 9.17) is 4.74 Å². The Kier molecular flexibility index (Phi) is 5.59. The van der Waals surface area contributed by atoms with Crippen LogP contribution in [-0.2, 0) is 4.79 Å². The van der Waals surface area contributed by atoms with Crippen LogP contribution in [0.5, 0.6) is 5.75 Å². The lowest BCUT2D eigenvalue weighted by molar-refractivity contribution is -0.114. The number of carbonyl (C=O) groups excluding carboxylic acids is 2. The fourth-order valence-corrected chi connectivity index (χ4v) is 3.27. The van der Waals surface area contributed by atoms with Crippen LogP contribution in [0.25, 0.3) is 0 Å². The zero-order valence-electron chi connectivity index (χ0n) is 15.3. The van der Waals surface area contributed by atoms with E-state index in [-0.39, 0.29) is 23.7 Å². The highest BCUT2D eigenvalue weighted by Crippen LogP contribution is 2.33. The van der Waals surface area contributed by atoms with Gasteiger partial charge in [0.2, 0.25) is 5.91 Å². The van der Waals surface area contributed by atoms with E-state index in [1.54, 1.807) is 12.0 Å². The van der Waals surface area contributed by atoms with Gasteiger partial charge in [-0.1, -0.05) is 12.1 Å². The third-order valence-corrected chi connectivity index (χ3v) is 4.54. The van der Waals surface area contributed by atoms with Crippen molar-refractivity contribution in [1.82, 2.24) is 4.90 Å². The number of benzene rings is 2. The number of methoxy groups -OCH3 is 1. The quantitative estimate of drug-likeness (QED) is 0.848. The van der Waals surface area contributed by atoms with E-state index in [2.05, 4.69) is 10.6 Å². The smallest absolute Gasteiger partial charge is 0.322 e. The first kappa shape index (κ1) is 18.7. The van der Waals surface area contributed by atoms with Gasteiger partial charge in [0.05, 0.1) is 18.8 Å². The molecule has 0 spiro atoms. The van der Waals surface area contributed by atoms with Crippen LogP contribution in [0, 0.1) is 5.82 Å². The average molecular weight is 371 g/mol. The molecule has 1 atom stereocenters. The first-order chi connectivity index (χ1) is 13.0. The topological polar surface area (TPSA) is 70.7 Å². The van der Waals surface area contributed by atoms with Crippen LogP contribution in [0.2, 0.25) is 0 Å². The van der Waals surface area contributed by atoms with Crippen molar-refractivity contribution in [1.29, 1.82) is 0 Å². The van der Waals surface area contributed by atoms with Crippen molar-refractivity contribution in [2.45, 2.75) is 25.8 Å². The van der Waals surface area contributed by atoms with Crippen molar-refractivity contribution in [3.63, 3.8) is 0 Å². The summed E-state index contributed by atoms with van der Waals surface area (Å²) in [5, 5.41) is 5.20. The van der Waals surface area contributed by atoms with Crippen LogP contribution >= 0.6 is 0 Å². The lowest BCUT2D eigenvalue weighted by Crippen LogP contribution is -2.34. The zero-order chi connectivity index (χ0) is 19.4. The van der Waals surface area contributed by atoms with E-state index in [0.29, 0.717) is 12.2 Å². The number of anilines is 2. The first-order valence-corrected chi connectivity index (χ1v) is 8.76. The highest BCUT2D eigenvalue weighted by Gasteiger charge is 2.30. The number of ether oxygens (including phenoxy) is 1. The molecular formula is C20H22FN3O3. The number of rotatable bonds is 4. The molecule has 0 aliphatic carbocycles. The Morgan fingerprint density at radius 2 is 1.89 bits per heavy atom. The Bertz CT molecular complexity index is 839. The predicted octanol–water partition coefficient (Wildman–Crippen LogP) is 4.16. The van der Waals surface area contributed by atoms with Crippen molar-refractivity contribution in [2.24, 2.45) is 0 Å². The Labute approximate surface area is 157 Å². The van der Waals surface area contributed by atoms with Gasteiger partial charge in [-0.25, -0.2) is 9.18 Å². The maximum absolute atomic E-state index is 13.8. The molecule has 2 aromatic carbocycles. The van der Waals surface area contributed by atoms with Gasteiger partial charge in [0.15, 0.2) is 0 Å². The average Bonchev–Trinajstić information content (AvgIpc) is 3.14. The standard InChI is InChI=1S/C20H22FN3O3/c1-13(25)22-18-12-15(7-10-17(18)21)23-20(26)24-11-3-4-19(24)14-5-8-16(27-2)9-6-14/h5-10,12,19H,3-4,11H2,1-2H3,(H,22,25)(H,23,26). The normalized spacial score (nSPS) is 16.1. The minimum Gasteiger partial charge on any atom is -0.497 e. The number of urea groups is 1. The molecule has 1 aliphatic rings. The summed E-state index contributed by atoms with van der Waals surface area (Å²) in [6.45, 7) is 1.94. The zero-order valence-corrected chi connectivity index (χ0v) is 15.3. The fraction of sp³-hybridized carbons (Fsp3) is 0.300. The van der Waals surface area contributed by atoms with E-state index >= 15 is 0 Å². The Morgan fingerprint density at radius 3 is 2.56 bits per heavy atom. The molecular weight excluding hydrogens is 349 g/mol. The van der Waals surface area contributed by atoms with Crippen LogP contribution in [0.15, 0.2) is 42.5 Å². The van der Waals surface area contributed by atoms with Crippen LogP contribution < -0.4 is 15.4 Å². The van der Waals surface area contributed by atoms with Gasteiger partial charge in [0.1, 0.15) is 11.6 Å². The second kappa shape index (κ2) is 8.07. The highest BCUT2D eigenvalue weighted by molar-refractivity contribution is 5.93. The summed E-state index contributed by atoms with van der Waals surface area (Å²) in [6.07, 6.45) is 1.78. The molecule has 1 fully saturated rings. The van der Waals surface area contributed by atoms with Gasteiger partial charge in [0.25, 0.3) is 0 Å². The lowest BCUT2D eigenvalue weighted by Gasteiger charge is -2.25. The second-order valence-corrected chi connectivity index (χ2v) is 6.43. The van der Waals surface area contributed by atoms with Gasteiger partial charge < -0.3 is 20.3 Å². The van der Waals surface area contributed by atoms with E-state index in [1.165, 1.54) is 25.1 Å². The molecule has 27 heavy (non-hydrogen) atoms. The van der Waals surface area contributed by atoms with E-state index in [0.717, 1.165) is 24.2 Å². The molecule has 142 valence electrons. The number of amides is 3. The van der Waals surface area contributed by atoms with Crippen molar-refractivity contribution >= 4 is 23.3 Å². The number of hydrogen-bond donors (Lipinski definition) is 2. The summed E-state index contributed by atoms with van der Waals surface area (Å²) in [5.41, 5.74) is 1.50. The van der Waals surface area contributed by atoms with E-state index in [1.807, 2.05) is 24.3 Å². The van der Waals surface area contributed by atoms with Gasteiger partial charge >= 0.3 is 6.03 Å². The minimum absolute atomic E-state index is 0.0221. The van der Waals surface area contributed by atoms with Crippen molar-refractivity contribution in [3.8, 4) is 5.75 Å². The van der Waals surface area contributed by atoms with Crippen molar-refractivity contribution in [3.05, 3.63) is 53.8 Å². The number of nitrogens with zero attached hydrogens (tertiary/aromatic N) is 1. The Hall–Kier alpha value is -3.09. The molecule has 0 saturated carbocycles. The fourth-order valence-electron chi connectivity index (χ4n) is 3.27. The Balaban J connectivity index is 1.73. The predicted molar refractivity (Wildman–Crippen MR) is 101 cm³/mol. The Morgan fingerprint density at radius 1 is 1.15 bits per heavy atom. The summed E-state index contributed by atoms with van der Waals surface area (Å²) < 4.78 is 18.9. The third-order valence-electron chi connectivity index (χ3n) is 4.54. The van der Waals surface area contributed by atoms with Crippen molar-refractivity contribution in [2.75, 3.05) is 24.3 Å². The molecule has 1 unspecified atom stereocenters. The third kappa shape index (κ3) is 4.36. The van der Waals surface area contributed by atoms with Gasteiger partial charge in [-0.3, -0.25) is 4.79 Å². The molecule has 3 amide bonds. The molecule has 7 heteroatoms. The maximum Gasteiger partial charge on any atom is 0.322 e. The second-order valence-electron chi connectivity index (χ2n) is 6.43. The number of halogens is 1. The summed E-state index contributed by atoms with van der Waals surface area (Å²) >= 11 is 0. The van der Waals surface area contributed by atoms with Gasteiger partial charge in [-0.05, 0) is 48.7 Å². The highest BCUT2D eigenvalue weighted by atomic mass is 19.1. The molecule has 1 heterocycles. The van der Waals surface area contributed by atoms with Crippen LogP contribution in [-0.4, -0.2) is 30.5 Å². The SMILES string of the molecule is COc1ccc(C2CCCN2C(=O)Nc2ccc(F)c(NC(C)=O)c2)cc1. The largest absolute Gasteiger partial charge is 0.497 e.